The van der Waals surface area contributed by atoms with Crippen LogP contribution >= 0.6 is 0 Å². The van der Waals surface area contributed by atoms with Crippen LogP contribution in [0.3, 0.4) is 0 Å². The molecule has 0 spiro atoms. The quantitative estimate of drug-likeness (QED) is 0.622. The van der Waals surface area contributed by atoms with Crippen LogP contribution in [0.15, 0.2) is 65.3 Å². The number of nitrogens with one attached hydrogen (secondary N) is 2. The molecule has 0 saturated carbocycles. The van der Waals surface area contributed by atoms with Crippen molar-refractivity contribution in [1.82, 2.24) is 5.27 Å². The minimum absolute atomic E-state index is 0.0980. The molecule has 1 atom stereocenters. The summed E-state index contributed by atoms with van der Waals surface area (Å²) in [5, 5.41) is 9.36. The average Bonchev–Trinajstić information content (AvgIpc) is 3.13. The molecule has 2 N–H and O–H groups in total. The Balaban J connectivity index is 1.54. The molecular formula is C20H23N4O3+. The molecule has 3 rings (SSSR count). The Morgan fingerprint density at radius 3 is 2.59 bits per heavy atom. The van der Waals surface area contributed by atoms with Crippen LogP contribution in [0, 0.1) is 0 Å². The van der Waals surface area contributed by atoms with Crippen LogP contribution in [0.4, 0.5) is 16.4 Å². The molecule has 0 fully saturated rings. The largest absolute Gasteiger partial charge is 0.494 e. The molecule has 1 heterocycles. The van der Waals surface area contributed by atoms with Gasteiger partial charge in [-0.3, -0.25) is 9.84 Å². The van der Waals surface area contributed by atoms with Crippen LogP contribution in [0.25, 0.3) is 0 Å². The summed E-state index contributed by atoms with van der Waals surface area (Å²) in [7, 11) is 0. The maximum atomic E-state index is 12.1. The van der Waals surface area contributed by atoms with E-state index in [1.807, 2.05) is 32.0 Å². The molecular weight excluding hydrogens is 344 g/mol. The number of aromatic nitrogens is 2. The van der Waals surface area contributed by atoms with Gasteiger partial charge in [0.05, 0.1) is 6.61 Å². The number of urea groups is 1. The summed E-state index contributed by atoms with van der Waals surface area (Å²) < 4.78 is 12.3. The lowest BCUT2D eigenvalue weighted by atomic mass is 10.1. The second-order valence-electron chi connectivity index (χ2n) is 6.12. The number of hydrogen-bond donors (Lipinski definition) is 2. The fraction of sp³-hybridized carbons (Fsp3) is 0.250. The van der Waals surface area contributed by atoms with Gasteiger partial charge in [0.1, 0.15) is 5.75 Å². The zero-order valence-corrected chi connectivity index (χ0v) is 15.4. The molecule has 1 aromatic heterocycles. The monoisotopic (exact) mass is 367 g/mol. The van der Waals surface area contributed by atoms with Crippen LogP contribution in [0.1, 0.15) is 25.5 Å². The van der Waals surface area contributed by atoms with Gasteiger partial charge in [-0.05, 0) is 41.4 Å². The highest BCUT2D eigenvalue weighted by Crippen LogP contribution is 2.16. The first-order valence-electron chi connectivity index (χ1n) is 8.87. The van der Waals surface area contributed by atoms with E-state index >= 15 is 0 Å². The summed E-state index contributed by atoms with van der Waals surface area (Å²) in [4.78, 5) is 12.1. The highest BCUT2D eigenvalue weighted by atomic mass is 16.5. The van der Waals surface area contributed by atoms with Crippen molar-refractivity contribution < 1.29 is 18.7 Å². The van der Waals surface area contributed by atoms with Gasteiger partial charge >= 0.3 is 11.9 Å². The first kappa shape index (κ1) is 18.4. The maximum Gasteiger partial charge on any atom is 0.326 e. The summed E-state index contributed by atoms with van der Waals surface area (Å²) in [6, 6.07) is 17.0. The minimum Gasteiger partial charge on any atom is -0.494 e. The minimum atomic E-state index is -0.404. The Morgan fingerprint density at radius 1 is 1.15 bits per heavy atom. The molecule has 27 heavy (non-hydrogen) atoms. The molecule has 0 radical (unpaired) electrons. The number of benzene rings is 2. The lowest BCUT2D eigenvalue weighted by Crippen LogP contribution is -2.40. The van der Waals surface area contributed by atoms with Gasteiger partial charge < -0.3 is 10.1 Å². The van der Waals surface area contributed by atoms with E-state index in [-0.39, 0.29) is 11.9 Å². The van der Waals surface area contributed by atoms with Gasteiger partial charge in [0.15, 0.2) is 6.04 Å². The van der Waals surface area contributed by atoms with E-state index < -0.39 is 6.03 Å². The molecule has 7 heteroatoms. The highest BCUT2D eigenvalue weighted by molar-refractivity contribution is 5.98. The highest BCUT2D eigenvalue weighted by Gasteiger charge is 2.21. The van der Waals surface area contributed by atoms with Crippen molar-refractivity contribution in [2.24, 2.45) is 0 Å². The van der Waals surface area contributed by atoms with Crippen LogP contribution in [-0.4, -0.2) is 17.9 Å². The number of ether oxygens (including phenoxy) is 1. The molecule has 0 aliphatic carbocycles. The van der Waals surface area contributed by atoms with Crippen molar-refractivity contribution in [3.63, 3.8) is 0 Å². The molecule has 0 saturated heterocycles. The number of carbonyl (C=O) groups excluding carboxylic acids is 1. The van der Waals surface area contributed by atoms with Gasteiger partial charge in [-0.25, -0.2) is 4.79 Å². The Hall–Kier alpha value is -3.35. The molecule has 140 valence electrons. The smallest absolute Gasteiger partial charge is 0.326 e. The van der Waals surface area contributed by atoms with E-state index in [1.54, 1.807) is 35.1 Å². The number of amides is 2. The van der Waals surface area contributed by atoms with Crippen LogP contribution in [0.5, 0.6) is 5.75 Å². The molecule has 3 aromatic rings. The Labute approximate surface area is 157 Å². The number of nitrogens with zero attached hydrogens (tertiary/aromatic N) is 2. The number of anilines is 2. The zero-order valence-electron chi connectivity index (χ0n) is 15.4. The molecule has 0 aliphatic rings. The Morgan fingerprint density at radius 2 is 1.89 bits per heavy atom. The third-order valence-electron chi connectivity index (χ3n) is 3.97. The van der Waals surface area contributed by atoms with E-state index in [2.05, 4.69) is 28.0 Å². The molecule has 1 unspecified atom stereocenters. The van der Waals surface area contributed by atoms with E-state index in [0.29, 0.717) is 12.3 Å². The first-order chi connectivity index (χ1) is 13.1. The van der Waals surface area contributed by atoms with Gasteiger partial charge in [-0.2, -0.15) is 0 Å². The number of carbonyl (C=O) groups is 1. The zero-order chi connectivity index (χ0) is 19.1. The van der Waals surface area contributed by atoms with Crippen molar-refractivity contribution >= 4 is 17.6 Å². The van der Waals surface area contributed by atoms with Crippen molar-refractivity contribution in [3.05, 3.63) is 66.4 Å². The molecule has 0 bridgehead atoms. The SMILES string of the molecule is CCOc1ccc(NC(=O)Nc2c[n+](C(C)Cc3ccccc3)no2)cc1. The van der Waals surface area contributed by atoms with Crippen LogP contribution in [0.2, 0.25) is 0 Å². The second-order valence-corrected chi connectivity index (χ2v) is 6.12. The lowest BCUT2D eigenvalue weighted by Gasteiger charge is -2.06. The first-order valence-corrected chi connectivity index (χ1v) is 8.87. The van der Waals surface area contributed by atoms with E-state index in [4.69, 9.17) is 9.26 Å². The van der Waals surface area contributed by atoms with E-state index in [0.717, 1.165) is 12.2 Å². The summed E-state index contributed by atoms with van der Waals surface area (Å²) in [5.41, 5.74) is 1.86. The Bertz CT molecular complexity index is 862. The van der Waals surface area contributed by atoms with Gasteiger partial charge in [-0.15, -0.1) is 0 Å². The third-order valence-corrected chi connectivity index (χ3v) is 3.97. The van der Waals surface area contributed by atoms with Crippen molar-refractivity contribution in [3.8, 4) is 5.75 Å². The van der Waals surface area contributed by atoms with Crippen molar-refractivity contribution in [2.45, 2.75) is 26.3 Å². The summed E-state index contributed by atoms with van der Waals surface area (Å²) in [6.45, 7) is 4.56. The molecule has 2 amide bonds. The van der Waals surface area contributed by atoms with E-state index in [1.165, 1.54) is 5.56 Å². The third kappa shape index (κ3) is 5.31. The van der Waals surface area contributed by atoms with Crippen molar-refractivity contribution in [1.29, 1.82) is 0 Å². The summed E-state index contributed by atoms with van der Waals surface area (Å²) in [5.74, 6) is 1.03. The summed E-state index contributed by atoms with van der Waals surface area (Å²) in [6.07, 6.45) is 2.49. The summed E-state index contributed by atoms with van der Waals surface area (Å²) >= 11 is 0. The average molecular weight is 367 g/mol. The van der Waals surface area contributed by atoms with Gasteiger partial charge in [0.25, 0.3) is 6.20 Å². The standard InChI is InChI=1S/C20H22N4O3/c1-3-26-18-11-9-17(10-12-18)21-20(25)22-19-14-24(23-27-19)15(2)13-16-7-5-4-6-8-16/h4-12,14-15H,3,13H2,1-2H3,(H-,21,22,23,25)/p+1. The van der Waals surface area contributed by atoms with Crippen LogP contribution in [-0.2, 0) is 6.42 Å². The molecule has 2 aromatic carbocycles. The van der Waals surface area contributed by atoms with Gasteiger partial charge in [0.2, 0.25) is 5.27 Å². The lowest BCUT2D eigenvalue weighted by molar-refractivity contribution is -0.782. The predicted molar refractivity (Wildman–Crippen MR) is 102 cm³/mol. The maximum absolute atomic E-state index is 12.1. The molecule has 7 nitrogen and oxygen atoms in total. The second kappa shape index (κ2) is 8.84. The normalized spacial score (nSPS) is 11.6. The number of rotatable bonds is 7. The fourth-order valence-corrected chi connectivity index (χ4v) is 2.65. The number of hydrogen-bond acceptors (Lipinski definition) is 4. The Kier molecular flexibility index (Phi) is 6.04. The fourth-order valence-electron chi connectivity index (χ4n) is 2.65. The predicted octanol–water partition coefficient (Wildman–Crippen LogP) is 3.81. The van der Waals surface area contributed by atoms with Gasteiger partial charge in [-0.1, -0.05) is 30.3 Å². The van der Waals surface area contributed by atoms with E-state index in [9.17, 15) is 4.79 Å². The van der Waals surface area contributed by atoms with Gasteiger partial charge in [0, 0.05) is 19.0 Å². The van der Waals surface area contributed by atoms with Crippen LogP contribution < -0.4 is 20.1 Å². The van der Waals surface area contributed by atoms with Crippen molar-refractivity contribution in [2.75, 3.05) is 17.2 Å². The molecule has 0 aliphatic heterocycles. The topological polar surface area (TPSA) is 80.3 Å².